The lowest BCUT2D eigenvalue weighted by Crippen LogP contribution is -2.05. The summed E-state index contributed by atoms with van der Waals surface area (Å²) in [6.07, 6.45) is 6.71. The molecule has 0 saturated carbocycles. The van der Waals surface area contributed by atoms with Crippen molar-refractivity contribution in [3.63, 3.8) is 0 Å². The minimum atomic E-state index is -0.981. The van der Waals surface area contributed by atoms with E-state index < -0.39 is 5.97 Å². The van der Waals surface area contributed by atoms with Crippen LogP contribution < -0.4 is 0 Å². The average molecular weight is 256 g/mol. The van der Waals surface area contributed by atoms with Crippen LogP contribution in [0.3, 0.4) is 0 Å². The van der Waals surface area contributed by atoms with Crippen molar-refractivity contribution in [3.8, 4) is 0 Å². The SMILES string of the molecule is C=C(C)C(=O)OCCCCCCC.C=CC(=O)O. The van der Waals surface area contributed by atoms with Gasteiger partial charge in [0.25, 0.3) is 0 Å². The predicted molar refractivity (Wildman–Crippen MR) is 72.4 cm³/mol. The molecule has 0 heterocycles. The molecule has 0 amide bonds. The van der Waals surface area contributed by atoms with Crippen LogP contribution in [-0.2, 0) is 14.3 Å². The van der Waals surface area contributed by atoms with Crippen LogP contribution in [0.5, 0.6) is 0 Å². The molecule has 4 nitrogen and oxygen atoms in total. The van der Waals surface area contributed by atoms with E-state index >= 15 is 0 Å². The number of hydrogen-bond donors (Lipinski definition) is 1. The fraction of sp³-hybridized carbons (Fsp3) is 0.571. The number of carbonyl (C=O) groups excluding carboxylic acids is 1. The molecule has 0 radical (unpaired) electrons. The molecule has 0 spiro atoms. The first-order valence-electron chi connectivity index (χ1n) is 6.13. The average Bonchev–Trinajstić information content (AvgIpc) is 2.33. The highest BCUT2D eigenvalue weighted by Crippen LogP contribution is 2.03. The van der Waals surface area contributed by atoms with Gasteiger partial charge in [0.1, 0.15) is 0 Å². The number of carboxylic acid groups (broad SMARTS) is 1. The van der Waals surface area contributed by atoms with Gasteiger partial charge in [-0.3, -0.25) is 0 Å². The standard InChI is InChI=1S/C11H20O2.C3H4O2/c1-4-5-6-7-8-9-13-11(12)10(2)3;1-2-3(4)5/h2,4-9H2,1,3H3;2H,1H2,(H,4,5). The third-order valence-electron chi connectivity index (χ3n) is 2.00. The van der Waals surface area contributed by atoms with E-state index in [1.165, 1.54) is 19.3 Å². The maximum absolute atomic E-state index is 10.9. The Bertz CT molecular complexity index is 269. The molecular formula is C14H24O4. The molecule has 0 atom stereocenters. The third kappa shape index (κ3) is 16.8. The van der Waals surface area contributed by atoms with Crippen LogP contribution in [0.2, 0.25) is 0 Å². The fourth-order valence-corrected chi connectivity index (χ4v) is 0.994. The molecule has 0 aromatic carbocycles. The van der Waals surface area contributed by atoms with Gasteiger partial charge in [-0.25, -0.2) is 9.59 Å². The van der Waals surface area contributed by atoms with Gasteiger partial charge in [0.05, 0.1) is 6.61 Å². The Labute approximate surface area is 109 Å². The molecule has 4 heteroatoms. The molecule has 1 N–H and O–H groups in total. The first-order chi connectivity index (χ1) is 8.45. The van der Waals surface area contributed by atoms with Crippen molar-refractivity contribution in [2.45, 2.75) is 46.0 Å². The zero-order chi connectivity index (χ0) is 14.4. The summed E-state index contributed by atoms with van der Waals surface area (Å²) in [5.41, 5.74) is 0.480. The van der Waals surface area contributed by atoms with Crippen LogP contribution in [0.4, 0.5) is 0 Å². The first kappa shape index (κ1) is 18.8. The fourth-order valence-electron chi connectivity index (χ4n) is 0.994. The van der Waals surface area contributed by atoms with E-state index in [0.29, 0.717) is 12.2 Å². The van der Waals surface area contributed by atoms with Crippen LogP contribution >= 0.6 is 0 Å². The van der Waals surface area contributed by atoms with Crippen molar-refractivity contribution in [2.75, 3.05) is 6.61 Å². The molecule has 104 valence electrons. The van der Waals surface area contributed by atoms with E-state index in [1.54, 1.807) is 6.92 Å². The highest BCUT2D eigenvalue weighted by molar-refractivity contribution is 5.86. The molecule has 0 fully saturated rings. The van der Waals surface area contributed by atoms with Crippen molar-refractivity contribution in [3.05, 3.63) is 24.8 Å². The van der Waals surface area contributed by atoms with Gasteiger partial charge < -0.3 is 9.84 Å². The number of carbonyl (C=O) groups is 2. The van der Waals surface area contributed by atoms with Crippen molar-refractivity contribution in [2.24, 2.45) is 0 Å². The predicted octanol–water partition coefficient (Wildman–Crippen LogP) is 3.33. The van der Waals surface area contributed by atoms with Gasteiger partial charge in [0.15, 0.2) is 0 Å². The first-order valence-corrected chi connectivity index (χ1v) is 6.13. The number of rotatable bonds is 8. The molecule has 0 rings (SSSR count). The van der Waals surface area contributed by atoms with Crippen molar-refractivity contribution in [1.82, 2.24) is 0 Å². The monoisotopic (exact) mass is 256 g/mol. The minimum Gasteiger partial charge on any atom is -0.478 e. The zero-order valence-electron chi connectivity index (χ0n) is 11.4. The number of esters is 1. The summed E-state index contributed by atoms with van der Waals surface area (Å²) < 4.78 is 4.95. The van der Waals surface area contributed by atoms with E-state index in [2.05, 4.69) is 20.1 Å². The highest BCUT2D eigenvalue weighted by Gasteiger charge is 2.01. The lowest BCUT2D eigenvalue weighted by Gasteiger charge is -2.03. The van der Waals surface area contributed by atoms with Gasteiger partial charge in [0, 0.05) is 11.6 Å². The number of unbranched alkanes of at least 4 members (excludes halogenated alkanes) is 4. The molecule has 0 aliphatic carbocycles. The second-order valence-electron chi connectivity index (χ2n) is 3.87. The summed E-state index contributed by atoms with van der Waals surface area (Å²) in [7, 11) is 0. The second kappa shape index (κ2) is 13.5. The second-order valence-corrected chi connectivity index (χ2v) is 3.87. The van der Waals surface area contributed by atoms with Gasteiger partial charge in [-0.2, -0.15) is 0 Å². The molecule has 0 unspecified atom stereocenters. The van der Waals surface area contributed by atoms with Gasteiger partial charge in [0.2, 0.25) is 0 Å². The third-order valence-corrected chi connectivity index (χ3v) is 2.00. The molecule has 0 saturated heterocycles. The van der Waals surface area contributed by atoms with E-state index in [1.807, 2.05) is 0 Å². The Kier molecular flexibility index (Phi) is 14.1. The van der Waals surface area contributed by atoms with E-state index in [0.717, 1.165) is 18.9 Å². The van der Waals surface area contributed by atoms with Gasteiger partial charge in [-0.15, -0.1) is 0 Å². The Morgan fingerprint density at radius 3 is 2.11 bits per heavy atom. The van der Waals surface area contributed by atoms with E-state index in [4.69, 9.17) is 9.84 Å². The molecule has 18 heavy (non-hydrogen) atoms. The number of carboxylic acids is 1. The van der Waals surface area contributed by atoms with Crippen LogP contribution in [0, 0.1) is 0 Å². The molecule has 0 aliphatic heterocycles. The lowest BCUT2D eigenvalue weighted by molar-refractivity contribution is -0.139. The number of aliphatic carboxylic acids is 1. The van der Waals surface area contributed by atoms with Crippen molar-refractivity contribution >= 4 is 11.9 Å². The summed E-state index contributed by atoms with van der Waals surface area (Å²) in [6.45, 7) is 10.9. The topological polar surface area (TPSA) is 63.6 Å². The summed E-state index contributed by atoms with van der Waals surface area (Å²) >= 11 is 0. The molecule has 0 bridgehead atoms. The molecule has 0 aromatic heterocycles. The summed E-state index contributed by atoms with van der Waals surface area (Å²) in [5, 5.41) is 7.60. The molecule has 0 aromatic rings. The normalized spacial score (nSPS) is 8.78. The van der Waals surface area contributed by atoms with Crippen molar-refractivity contribution in [1.29, 1.82) is 0 Å². The maximum Gasteiger partial charge on any atom is 0.333 e. The highest BCUT2D eigenvalue weighted by atomic mass is 16.5. The Balaban J connectivity index is 0. The summed E-state index contributed by atoms with van der Waals surface area (Å²) in [4.78, 5) is 20.2. The summed E-state index contributed by atoms with van der Waals surface area (Å²) in [6, 6.07) is 0. The van der Waals surface area contributed by atoms with Crippen LogP contribution in [0.15, 0.2) is 24.8 Å². The Morgan fingerprint density at radius 1 is 1.22 bits per heavy atom. The molecule has 0 aliphatic rings. The van der Waals surface area contributed by atoms with E-state index in [-0.39, 0.29) is 5.97 Å². The van der Waals surface area contributed by atoms with Crippen molar-refractivity contribution < 1.29 is 19.4 Å². The van der Waals surface area contributed by atoms with Crippen LogP contribution in [0.1, 0.15) is 46.0 Å². The quantitative estimate of drug-likeness (QED) is 0.411. The van der Waals surface area contributed by atoms with Gasteiger partial charge in [-0.1, -0.05) is 45.8 Å². The smallest absolute Gasteiger partial charge is 0.333 e. The van der Waals surface area contributed by atoms with Gasteiger partial charge in [-0.05, 0) is 13.3 Å². The zero-order valence-corrected chi connectivity index (χ0v) is 11.4. The largest absolute Gasteiger partial charge is 0.478 e. The lowest BCUT2D eigenvalue weighted by atomic mass is 10.2. The van der Waals surface area contributed by atoms with E-state index in [9.17, 15) is 9.59 Å². The number of hydrogen-bond acceptors (Lipinski definition) is 3. The Hall–Kier alpha value is -1.58. The summed E-state index contributed by atoms with van der Waals surface area (Å²) in [5.74, 6) is -1.25. The van der Waals surface area contributed by atoms with Crippen LogP contribution in [0.25, 0.3) is 0 Å². The Morgan fingerprint density at radius 2 is 1.72 bits per heavy atom. The molecular weight excluding hydrogens is 232 g/mol. The maximum atomic E-state index is 10.9. The van der Waals surface area contributed by atoms with Gasteiger partial charge >= 0.3 is 11.9 Å². The van der Waals surface area contributed by atoms with Crippen LogP contribution in [-0.4, -0.2) is 23.7 Å². The minimum absolute atomic E-state index is 0.268. The number of ether oxygens (including phenoxy) is 1.